The van der Waals surface area contributed by atoms with Crippen molar-refractivity contribution in [3.63, 3.8) is 0 Å². The number of aliphatic imine (C=N–C) groups is 2. The van der Waals surface area contributed by atoms with Gasteiger partial charge in [0.1, 0.15) is 0 Å². The summed E-state index contributed by atoms with van der Waals surface area (Å²) >= 11 is 0. The van der Waals surface area contributed by atoms with Crippen LogP contribution in [0.2, 0.25) is 0 Å². The minimum Gasteiger partial charge on any atom is -0.358 e. The van der Waals surface area contributed by atoms with E-state index in [9.17, 15) is 0 Å². The molecule has 234 valence electrons. The first kappa shape index (κ1) is 28.7. The van der Waals surface area contributed by atoms with Gasteiger partial charge in [-0.05, 0) is 40.6 Å². The summed E-state index contributed by atoms with van der Waals surface area (Å²) in [5.74, 6) is 1.36. The summed E-state index contributed by atoms with van der Waals surface area (Å²) in [6.07, 6.45) is 0. The van der Waals surface area contributed by atoms with Crippen LogP contribution in [0, 0.1) is 0 Å². The van der Waals surface area contributed by atoms with Crippen LogP contribution >= 0.6 is 0 Å². The first-order valence-electron chi connectivity index (χ1n) is 16.6. The van der Waals surface area contributed by atoms with Crippen LogP contribution in [-0.2, 0) is 6.54 Å². The molecular formula is C44H33N5. The molecular weight excluding hydrogens is 599 g/mol. The van der Waals surface area contributed by atoms with Crippen molar-refractivity contribution in [1.29, 1.82) is 0 Å². The van der Waals surface area contributed by atoms with Gasteiger partial charge >= 0.3 is 0 Å². The molecule has 7 aromatic carbocycles. The van der Waals surface area contributed by atoms with Gasteiger partial charge in [-0.1, -0.05) is 140 Å². The lowest BCUT2D eigenvalue weighted by atomic mass is 9.98. The molecule has 0 radical (unpaired) electrons. The third-order valence-electron chi connectivity index (χ3n) is 9.39. The minimum atomic E-state index is 0.524. The Kier molecular flexibility index (Phi) is 7.02. The van der Waals surface area contributed by atoms with E-state index in [2.05, 4.69) is 154 Å². The molecule has 1 N–H and O–H groups in total. The number of aromatic nitrogens is 2. The molecule has 0 aliphatic heterocycles. The molecule has 0 saturated heterocycles. The number of hydrogen-bond acceptors (Lipinski definition) is 1. The second-order valence-corrected chi connectivity index (χ2v) is 12.2. The lowest BCUT2D eigenvalue weighted by Crippen LogP contribution is -2.28. The zero-order chi connectivity index (χ0) is 32.7. The van der Waals surface area contributed by atoms with Gasteiger partial charge in [0.2, 0.25) is 5.96 Å². The Hall–Kier alpha value is -6.46. The summed E-state index contributed by atoms with van der Waals surface area (Å²) in [4.78, 5) is 10.5. The molecule has 0 spiro atoms. The van der Waals surface area contributed by atoms with Gasteiger partial charge in [0, 0.05) is 39.8 Å². The molecule has 5 heteroatoms. The van der Waals surface area contributed by atoms with Gasteiger partial charge in [0.15, 0.2) is 5.84 Å². The fourth-order valence-corrected chi connectivity index (χ4v) is 7.30. The number of hydrogen-bond donors (Lipinski definition) is 1. The maximum atomic E-state index is 5.38. The van der Waals surface area contributed by atoms with E-state index in [0.29, 0.717) is 18.3 Å². The van der Waals surface area contributed by atoms with Crippen LogP contribution < -0.4 is 5.32 Å². The van der Waals surface area contributed by atoms with Gasteiger partial charge < -0.3 is 9.88 Å². The zero-order valence-corrected chi connectivity index (χ0v) is 27.1. The van der Waals surface area contributed by atoms with E-state index in [1.54, 1.807) is 0 Å². The molecule has 5 nitrogen and oxygen atoms in total. The van der Waals surface area contributed by atoms with Gasteiger partial charge in [-0.25, -0.2) is 0 Å². The highest BCUT2D eigenvalue weighted by molar-refractivity contribution is 6.37. The van der Waals surface area contributed by atoms with Crippen molar-refractivity contribution < 1.29 is 0 Å². The number of rotatable bonds is 4. The van der Waals surface area contributed by atoms with Crippen molar-refractivity contribution in [2.75, 3.05) is 7.05 Å². The van der Waals surface area contributed by atoms with E-state index in [-0.39, 0.29) is 0 Å². The Morgan fingerprint density at radius 2 is 1.04 bits per heavy atom. The lowest BCUT2D eigenvalue weighted by Gasteiger charge is -2.15. The molecule has 0 bridgehead atoms. The Balaban J connectivity index is 1.45. The topological polar surface area (TPSA) is 46.6 Å². The minimum absolute atomic E-state index is 0.524. The van der Waals surface area contributed by atoms with Crippen molar-refractivity contribution in [2.45, 2.75) is 6.54 Å². The Bertz CT molecular complexity index is 2700. The number of nitrogens with zero attached hydrogens (tertiary/aromatic N) is 4. The van der Waals surface area contributed by atoms with E-state index in [1.165, 1.54) is 32.3 Å². The smallest absolute Gasteiger partial charge is 0.209 e. The average molecular weight is 632 g/mol. The van der Waals surface area contributed by atoms with Crippen LogP contribution in [0.4, 0.5) is 0 Å². The quantitative estimate of drug-likeness (QED) is 0.153. The summed E-state index contributed by atoms with van der Waals surface area (Å²) in [6, 6.07) is 57.5. The van der Waals surface area contributed by atoms with Crippen molar-refractivity contribution >= 4 is 66.2 Å². The highest BCUT2D eigenvalue weighted by atomic mass is 15.2. The predicted molar refractivity (Wildman–Crippen MR) is 206 cm³/mol. The molecule has 0 fully saturated rings. The molecule has 0 atom stereocenters. The third kappa shape index (κ3) is 4.70. The average Bonchev–Trinajstić information content (AvgIpc) is 3.70. The van der Waals surface area contributed by atoms with Crippen molar-refractivity contribution in [2.24, 2.45) is 9.98 Å². The molecule has 0 unspecified atom stereocenters. The van der Waals surface area contributed by atoms with Crippen molar-refractivity contribution in [3.8, 4) is 5.69 Å². The van der Waals surface area contributed by atoms with Gasteiger partial charge in [-0.3, -0.25) is 9.56 Å². The molecule has 9 aromatic rings. The number of benzene rings is 7. The van der Waals surface area contributed by atoms with Gasteiger partial charge in [0.25, 0.3) is 0 Å². The predicted octanol–water partition coefficient (Wildman–Crippen LogP) is 10.1. The van der Waals surface area contributed by atoms with E-state index in [0.717, 1.165) is 38.9 Å². The molecule has 2 heterocycles. The summed E-state index contributed by atoms with van der Waals surface area (Å²) in [5.41, 5.74) is 7.68. The molecule has 2 aromatic heterocycles. The summed E-state index contributed by atoms with van der Waals surface area (Å²) in [7, 11) is 1.95. The van der Waals surface area contributed by atoms with Crippen molar-refractivity contribution in [3.05, 3.63) is 175 Å². The maximum Gasteiger partial charge on any atom is 0.209 e. The van der Waals surface area contributed by atoms with Crippen molar-refractivity contribution in [1.82, 2.24) is 14.5 Å². The normalized spacial score (nSPS) is 12.5. The molecule has 49 heavy (non-hydrogen) atoms. The van der Waals surface area contributed by atoms with E-state index in [4.69, 9.17) is 9.98 Å². The largest absolute Gasteiger partial charge is 0.358 e. The van der Waals surface area contributed by atoms with E-state index in [1.807, 2.05) is 31.3 Å². The molecule has 0 aliphatic rings. The van der Waals surface area contributed by atoms with E-state index < -0.39 is 0 Å². The number of fused-ring (bicyclic) bond motifs is 10. The Labute approximate surface area is 284 Å². The molecule has 0 saturated carbocycles. The Morgan fingerprint density at radius 1 is 0.531 bits per heavy atom. The zero-order valence-electron chi connectivity index (χ0n) is 27.1. The van der Waals surface area contributed by atoms with Crippen LogP contribution in [0.5, 0.6) is 0 Å². The SMILES string of the molecule is CNC(=NC(=NCc1ccccc1)c1ccccc1)n1c2ccccc2c2c3ccccc3c3c4ccccc4n(-c4ccccc4)c3c21. The van der Waals surface area contributed by atoms with Crippen LogP contribution in [0.3, 0.4) is 0 Å². The second-order valence-electron chi connectivity index (χ2n) is 12.2. The standard InChI is InChI=1S/C44H33N5/c1-45-44(47-43(31-19-7-3-8-20-31)46-29-30-17-5-2-6-18-30)49-38-28-16-14-26-36(38)40-34-24-12-11-23-33(34)39-35-25-13-15-27-37(35)48(41(39)42(40)49)32-21-9-4-10-22-32/h2-28H,29H2,1H3,(H,45,46,47). The molecule has 0 amide bonds. The lowest BCUT2D eigenvalue weighted by molar-refractivity contribution is 1.04. The molecule has 0 aliphatic carbocycles. The van der Waals surface area contributed by atoms with Gasteiger partial charge in [0.05, 0.1) is 28.6 Å². The van der Waals surface area contributed by atoms with Gasteiger partial charge in [-0.2, -0.15) is 4.99 Å². The number of nitrogens with one attached hydrogen (secondary N) is 1. The van der Waals surface area contributed by atoms with Crippen LogP contribution in [-0.4, -0.2) is 28.0 Å². The fraction of sp³-hybridized carbons (Fsp3) is 0.0455. The fourth-order valence-electron chi connectivity index (χ4n) is 7.30. The highest BCUT2D eigenvalue weighted by Crippen LogP contribution is 2.45. The summed E-state index contributed by atoms with van der Waals surface area (Å²) in [5, 5.41) is 10.8. The highest BCUT2D eigenvalue weighted by Gasteiger charge is 2.25. The summed E-state index contributed by atoms with van der Waals surface area (Å²) < 4.78 is 4.72. The maximum absolute atomic E-state index is 5.38. The van der Waals surface area contributed by atoms with Crippen LogP contribution in [0.15, 0.2) is 174 Å². The number of amidine groups is 1. The van der Waals surface area contributed by atoms with Crippen LogP contribution in [0.25, 0.3) is 60.1 Å². The monoisotopic (exact) mass is 631 g/mol. The third-order valence-corrected chi connectivity index (χ3v) is 9.39. The van der Waals surface area contributed by atoms with Crippen LogP contribution in [0.1, 0.15) is 11.1 Å². The second kappa shape index (κ2) is 12.0. The number of para-hydroxylation sites is 3. The molecule has 9 rings (SSSR count). The summed E-state index contributed by atoms with van der Waals surface area (Å²) in [6.45, 7) is 0.524. The van der Waals surface area contributed by atoms with E-state index >= 15 is 0 Å². The Morgan fingerprint density at radius 3 is 1.69 bits per heavy atom. The first-order valence-corrected chi connectivity index (χ1v) is 16.6. The first-order chi connectivity index (χ1) is 24.3. The van der Waals surface area contributed by atoms with Gasteiger partial charge in [-0.15, -0.1) is 0 Å².